The van der Waals surface area contributed by atoms with Crippen molar-refractivity contribution in [3.8, 4) is 0 Å². The lowest BCUT2D eigenvalue weighted by Gasteiger charge is -2.23. The molecule has 0 radical (unpaired) electrons. The number of benzene rings is 2. The molecule has 5 rings (SSSR count). The predicted molar refractivity (Wildman–Crippen MR) is 179 cm³/mol. The number of H-pyrrole nitrogens is 1. The van der Waals surface area contributed by atoms with Crippen LogP contribution in [0.15, 0.2) is 91.3 Å². The predicted octanol–water partition coefficient (Wildman–Crippen LogP) is 5.32. The van der Waals surface area contributed by atoms with E-state index in [0.29, 0.717) is 6.54 Å². The van der Waals surface area contributed by atoms with E-state index in [9.17, 15) is 0 Å². The number of imidazole rings is 1. The summed E-state index contributed by atoms with van der Waals surface area (Å²) in [5.74, 6) is 0.964. The first-order chi connectivity index (χ1) is 21.4. The fourth-order valence-electron chi connectivity index (χ4n) is 5.14. The van der Waals surface area contributed by atoms with Crippen LogP contribution in [0, 0.1) is 0 Å². The molecule has 3 heterocycles. The van der Waals surface area contributed by atoms with Gasteiger partial charge in [-0.25, -0.2) is 4.98 Å². The van der Waals surface area contributed by atoms with Gasteiger partial charge in [0.1, 0.15) is 5.82 Å². The van der Waals surface area contributed by atoms with Gasteiger partial charge in [-0.1, -0.05) is 63.2 Å². The summed E-state index contributed by atoms with van der Waals surface area (Å²) < 4.78 is 0. The third-order valence-electron chi connectivity index (χ3n) is 7.72. The summed E-state index contributed by atoms with van der Waals surface area (Å²) in [7, 11) is 0. The summed E-state index contributed by atoms with van der Waals surface area (Å²) in [5.41, 5.74) is 8.24. The Labute approximate surface area is 261 Å². The van der Waals surface area contributed by atoms with E-state index in [1.165, 1.54) is 16.7 Å². The van der Waals surface area contributed by atoms with Gasteiger partial charge < -0.3 is 20.9 Å². The van der Waals surface area contributed by atoms with E-state index in [4.69, 9.17) is 4.98 Å². The van der Waals surface area contributed by atoms with E-state index in [0.717, 1.165) is 80.6 Å². The number of nitrogens with one attached hydrogen (secondary N) is 4. The molecule has 4 N–H and O–H groups in total. The molecule has 44 heavy (non-hydrogen) atoms. The van der Waals surface area contributed by atoms with Crippen molar-refractivity contribution >= 4 is 11.0 Å². The van der Waals surface area contributed by atoms with Crippen LogP contribution in [0.25, 0.3) is 11.0 Å². The van der Waals surface area contributed by atoms with Crippen molar-refractivity contribution in [3.63, 3.8) is 0 Å². The lowest BCUT2D eigenvalue weighted by Crippen LogP contribution is -2.36. The number of hydrogen-bond donors (Lipinski definition) is 4. The van der Waals surface area contributed by atoms with E-state index >= 15 is 0 Å². The molecule has 230 valence electrons. The van der Waals surface area contributed by atoms with Gasteiger partial charge in [-0.2, -0.15) is 0 Å². The number of pyridine rings is 2. The topological polar surface area (TPSA) is 93.8 Å². The van der Waals surface area contributed by atoms with Crippen LogP contribution in [0.1, 0.15) is 54.7 Å². The highest BCUT2D eigenvalue weighted by atomic mass is 15.2. The van der Waals surface area contributed by atoms with Crippen LogP contribution in [0.4, 0.5) is 0 Å². The number of hydrogen-bond acceptors (Lipinski definition) is 7. The number of nitrogens with zero attached hydrogens (tertiary/aromatic N) is 4. The van der Waals surface area contributed by atoms with Crippen molar-refractivity contribution in [1.82, 2.24) is 40.8 Å². The number of fused-ring (bicyclic) bond motifs is 1. The quantitative estimate of drug-likeness (QED) is 0.116. The first-order valence-electron chi connectivity index (χ1n) is 15.6. The normalized spacial score (nSPS) is 11.9. The molecule has 0 aliphatic rings. The van der Waals surface area contributed by atoms with Crippen LogP contribution in [-0.4, -0.2) is 51.0 Å². The van der Waals surface area contributed by atoms with Crippen LogP contribution >= 0.6 is 0 Å². The van der Waals surface area contributed by atoms with Gasteiger partial charge in [0.05, 0.1) is 29.0 Å². The summed E-state index contributed by atoms with van der Waals surface area (Å²) in [6.45, 7) is 14.4. The van der Waals surface area contributed by atoms with Crippen LogP contribution in [-0.2, 0) is 38.1 Å². The number of aromatic nitrogens is 4. The molecule has 8 heteroatoms. The van der Waals surface area contributed by atoms with Gasteiger partial charge in [-0.05, 0) is 58.5 Å². The first kappa shape index (κ1) is 31.5. The van der Waals surface area contributed by atoms with Gasteiger partial charge in [-0.15, -0.1) is 0 Å². The second kappa shape index (κ2) is 15.7. The molecule has 0 aliphatic heterocycles. The smallest absolute Gasteiger partial charge is 0.121 e. The van der Waals surface area contributed by atoms with Gasteiger partial charge in [0, 0.05) is 64.8 Å². The molecule has 0 atom stereocenters. The molecule has 0 unspecified atom stereocenters. The molecule has 0 saturated heterocycles. The zero-order chi connectivity index (χ0) is 30.6. The first-order valence-corrected chi connectivity index (χ1v) is 15.6. The number of aromatic amines is 1. The van der Waals surface area contributed by atoms with Gasteiger partial charge in [0.2, 0.25) is 0 Å². The van der Waals surface area contributed by atoms with Gasteiger partial charge >= 0.3 is 0 Å². The molecule has 3 aromatic heterocycles. The maximum absolute atomic E-state index is 4.82. The van der Waals surface area contributed by atoms with E-state index in [1.807, 2.05) is 36.7 Å². The molecule has 5 aromatic rings. The van der Waals surface area contributed by atoms with E-state index in [1.54, 1.807) is 0 Å². The lowest BCUT2D eigenvalue weighted by atomic mass is 9.87. The molecule has 0 fully saturated rings. The fraction of sp³-hybridized carbons (Fsp3) is 0.361. The maximum atomic E-state index is 4.82. The van der Waals surface area contributed by atoms with Crippen molar-refractivity contribution in [2.45, 2.75) is 58.9 Å². The second-order valence-electron chi connectivity index (χ2n) is 12.4. The summed E-state index contributed by atoms with van der Waals surface area (Å²) in [4.78, 5) is 19.6. The molecule has 2 aromatic carbocycles. The number of rotatable bonds is 16. The van der Waals surface area contributed by atoms with Crippen molar-refractivity contribution in [2.75, 3.05) is 26.2 Å². The minimum Gasteiger partial charge on any atom is -0.341 e. The van der Waals surface area contributed by atoms with Crippen LogP contribution in [0.5, 0.6) is 0 Å². The highest BCUT2D eigenvalue weighted by Crippen LogP contribution is 2.25. The van der Waals surface area contributed by atoms with Crippen LogP contribution < -0.4 is 16.0 Å². The average Bonchev–Trinajstić information content (AvgIpc) is 3.45. The van der Waals surface area contributed by atoms with Crippen molar-refractivity contribution in [2.24, 2.45) is 0 Å². The summed E-state index contributed by atoms with van der Waals surface area (Å²) in [5, 5.41) is 10.6. The Kier molecular flexibility index (Phi) is 11.2. The average molecular weight is 591 g/mol. The molecule has 0 aliphatic carbocycles. The Balaban J connectivity index is 1.10. The van der Waals surface area contributed by atoms with Crippen LogP contribution in [0.3, 0.4) is 0 Å². The van der Waals surface area contributed by atoms with Crippen molar-refractivity contribution in [1.29, 1.82) is 0 Å². The molecule has 8 nitrogen and oxygen atoms in total. The molecular formula is C36H46N8. The standard InChI is InChI=1S/C36H46N8/c1-36(2,3)30-14-15-33-34(22-30)43-35(42-33)26-39-23-28-10-12-29(13-11-28)27-44(20-18-37-24-31-8-4-6-16-40-31)21-19-38-25-32-9-5-7-17-41-32/h4-17,22,37-39H,18-21,23-27H2,1-3H3,(H,42,43). The summed E-state index contributed by atoms with van der Waals surface area (Å²) in [6.07, 6.45) is 3.69. The molecule has 0 spiro atoms. The Bertz CT molecular complexity index is 1500. The summed E-state index contributed by atoms with van der Waals surface area (Å²) in [6, 6.07) is 27.6. The van der Waals surface area contributed by atoms with Gasteiger partial charge in [-0.3, -0.25) is 14.9 Å². The minimum atomic E-state index is 0.114. The Morgan fingerprint density at radius 3 is 1.91 bits per heavy atom. The zero-order valence-corrected chi connectivity index (χ0v) is 26.3. The highest BCUT2D eigenvalue weighted by Gasteiger charge is 2.15. The molecule has 0 bridgehead atoms. The fourth-order valence-corrected chi connectivity index (χ4v) is 5.14. The van der Waals surface area contributed by atoms with Crippen LogP contribution in [0.2, 0.25) is 0 Å². The Morgan fingerprint density at radius 2 is 1.32 bits per heavy atom. The Hall–Kier alpha value is -3.95. The minimum absolute atomic E-state index is 0.114. The second-order valence-corrected chi connectivity index (χ2v) is 12.4. The maximum Gasteiger partial charge on any atom is 0.121 e. The van der Waals surface area contributed by atoms with Gasteiger partial charge in [0.25, 0.3) is 0 Å². The molecule has 0 saturated carbocycles. The molecule has 0 amide bonds. The monoisotopic (exact) mass is 590 g/mol. The zero-order valence-electron chi connectivity index (χ0n) is 26.3. The summed E-state index contributed by atoms with van der Waals surface area (Å²) >= 11 is 0. The molecular weight excluding hydrogens is 544 g/mol. The van der Waals surface area contributed by atoms with Crippen molar-refractivity contribution < 1.29 is 0 Å². The Morgan fingerprint density at radius 1 is 0.682 bits per heavy atom. The van der Waals surface area contributed by atoms with E-state index < -0.39 is 0 Å². The van der Waals surface area contributed by atoms with E-state index in [2.05, 4.69) is 111 Å². The lowest BCUT2D eigenvalue weighted by molar-refractivity contribution is 0.263. The SMILES string of the molecule is CC(C)(C)c1ccc2[nH]c(CNCc3ccc(CN(CCNCc4ccccn4)CCNCc4ccccn4)cc3)nc2c1. The van der Waals surface area contributed by atoms with Crippen molar-refractivity contribution in [3.05, 3.63) is 125 Å². The van der Waals surface area contributed by atoms with Gasteiger partial charge in [0.15, 0.2) is 0 Å². The highest BCUT2D eigenvalue weighted by molar-refractivity contribution is 5.76. The third-order valence-corrected chi connectivity index (χ3v) is 7.72. The largest absolute Gasteiger partial charge is 0.341 e. The van der Waals surface area contributed by atoms with E-state index in [-0.39, 0.29) is 5.41 Å². The third kappa shape index (κ3) is 9.79.